The van der Waals surface area contributed by atoms with Crippen LogP contribution in [0.15, 0.2) is 54.6 Å². The third-order valence-corrected chi connectivity index (χ3v) is 3.60. The van der Waals surface area contributed by atoms with Crippen LogP contribution in [0.25, 0.3) is 0 Å². The Morgan fingerprint density at radius 2 is 1.75 bits per heavy atom. The summed E-state index contributed by atoms with van der Waals surface area (Å²) in [5, 5.41) is 13.7. The van der Waals surface area contributed by atoms with Gasteiger partial charge in [0.15, 0.2) is 0 Å². The number of carbonyl (C=O) groups is 1. The van der Waals surface area contributed by atoms with E-state index < -0.39 is 4.92 Å². The number of likely N-dealkylation sites (N-methyl/N-ethyl adjacent to an activating group) is 1. The third-order valence-electron chi connectivity index (χ3n) is 3.60. The van der Waals surface area contributed by atoms with Crippen LogP contribution in [0.3, 0.4) is 0 Å². The number of nitro groups is 1. The van der Waals surface area contributed by atoms with Crippen LogP contribution in [-0.4, -0.2) is 36.4 Å². The molecule has 0 fully saturated rings. The Hall–Kier alpha value is -2.73. The van der Waals surface area contributed by atoms with Crippen molar-refractivity contribution < 1.29 is 9.72 Å². The molecule has 0 aliphatic heterocycles. The largest absolute Gasteiger partial charge is 0.348 e. The molecular formula is C18H21N3O3. The van der Waals surface area contributed by atoms with E-state index in [-0.39, 0.29) is 24.1 Å². The van der Waals surface area contributed by atoms with Gasteiger partial charge in [-0.05, 0) is 25.2 Å². The zero-order valence-corrected chi connectivity index (χ0v) is 13.8. The van der Waals surface area contributed by atoms with Crippen molar-refractivity contribution in [3.05, 3.63) is 75.8 Å². The molecule has 0 heterocycles. The number of non-ortho nitro benzene ring substituents is 1. The van der Waals surface area contributed by atoms with E-state index in [1.165, 1.54) is 12.1 Å². The number of carbonyl (C=O) groups excluding carboxylic acids is 1. The minimum absolute atomic E-state index is 0.0222. The van der Waals surface area contributed by atoms with E-state index in [4.69, 9.17) is 0 Å². The molecule has 2 rings (SSSR count). The molecule has 0 saturated carbocycles. The summed E-state index contributed by atoms with van der Waals surface area (Å²) in [4.78, 5) is 24.6. The van der Waals surface area contributed by atoms with Gasteiger partial charge in [0.2, 0.25) is 5.91 Å². The average Bonchev–Trinajstić information content (AvgIpc) is 2.55. The van der Waals surface area contributed by atoms with Gasteiger partial charge in [0.1, 0.15) is 0 Å². The van der Waals surface area contributed by atoms with Gasteiger partial charge in [-0.1, -0.05) is 42.5 Å². The van der Waals surface area contributed by atoms with Gasteiger partial charge in [-0.15, -0.1) is 0 Å². The summed E-state index contributed by atoms with van der Waals surface area (Å²) in [6.07, 6.45) is 0.189. The highest BCUT2D eigenvalue weighted by Gasteiger charge is 2.16. The maximum absolute atomic E-state index is 12.3. The van der Waals surface area contributed by atoms with Crippen LogP contribution in [-0.2, 0) is 11.2 Å². The quantitative estimate of drug-likeness (QED) is 0.626. The number of hydrogen-bond donors (Lipinski definition) is 1. The van der Waals surface area contributed by atoms with Crippen LogP contribution in [0.4, 0.5) is 5.69 Å². The smallest absolute Gasteiger partial charge is 0.269 e. The zero-order chi connectivity index (χ0) is 17.5. The summed E-state index contributed by atoms with van der Waals surface area (Å²) in [5.74, 6) is -0.112. The highest BCUT2D eigenvalue weighted by molar-refractivity contribution is 5.79. The zero-order valence-electron chi connectivity index (χ0n) is 13.8. The Bertz CT molecular complexity index is 684. The molecular weight excluding hydrogens is 306 g/mol. The number of nitrogens with one attached hydrogen (secondary N) is 1. The lowest BCUT2D eigenvalue weighted by Crippen LogP contribution is -2.36. The predicted molar refractivity (Wildman–Crippen MR) is 92.7 cm³/mol. The fourth-order valence-corrected chi connectivity index (χ4v) is 2.45. The van der Waals surface area contributed by atoms with E-state index in [2.05, 4.69) is 5.32 Å². The second-order valence-corrected chi connectivity index (χ2v) is 5.89. The van der Waals surface area contributed by atoms with Crippen LogP contribution < -0.4 is 5.32 Å². The van der Waals surface area contributed by atoms with Crippen LogP contribution in [0.1, 0.15) is 17.2 Å². The number of nitrogens with zero attached hydrogens (tertiary/aromatic N) is 2. The Morgan fingerprint density at radius 3 is 2.29 bits per heavy atom. The fourth-order valence-electron chi connectivity index (χ4n) is 2.45. The predicted octanol–water partition coefficient (Wildman–Crippen LogP) is 2.56. The minimum Gasteiger partial charge on any atom is -0.348 e. The van der Waals surface area contributed by atoms with Crippen LogP contribution in [0.2, 0.25) is 0 Å². The molecule has 1 atom stereocenters. The van der Waals surface area contributed by atoms with Gasteiger partial charge in [0.25, 0.3) is 5.69 Å². The van der Waals surface area contributed by atoms with E-state index in [0.717, 1.165) is 11.1 Å². The van der Waals surface area contributed by atoms with Gasteiger partial charge in [-0.3, -0.25) is 14.9 Å². The van der Waals surface area contributed by atoms with Gasteiger partial charge in [-0.25, -0.2) is 0 Å². The summed E-state index contributed by atoms with van der Waals surface area (Å²) in [6.45, 7) is 0.690. The maximum atomic E-state index is 12.3. The Kier molecular flexibility index (Phi) is 6.03. The molecule has 6 heteroatoms. The molecule has 6 nitrogen and oxygen atoms in total. The normalized spacial score (nSPS) is 12.0. The molecule has 0 saturated heterocycles. The lowest BCUT2D eigenvalue weighted by molar-refractivity contribution is -0.384. The van der Waals surface area contributed by atoms with Crippen molar-refractivity contribution >= 4 is 11.6 Å². The first-order chi connectivity index (χ1) is 11.5. The standard InChI is InChI=1S/C18H21N3O3/c1-20(2)13-17(15-6-4-3-5-7-15)19-18(22)12-14-8-10-16(11-9-14)21(23)24/h3-11,17H,12-13H2,1-2H3,(H,19,22)/t17-/m0/s1. The van der Waals surface area contributed by atoms with Crippen molar-refractivity contribution in [3.63, 3.8) is 0 Å². The van der Waals surface area contributed by atoms with Crippen molar-refractivity contribution in [3.8, 4) is 0 Å². The lowest BCUT2D eigenvalue weighted by Gasteiger charge is -2.23. The summed E-state index contributed by atoms with van der Waals surface area (Å²) in [5.41, 5.74) is 1.81. The topological polar surface area (TPSA) is 75.5 Å². The van der Waals surface area contributed by atoms with E-state index in [1.807, 2.05) is 49.3 Å². The molecule has 1 N–H and O–H groups in total. The van der Waals surface area contributed by atoms with Crippen molar-refractivity contribution in [2.75, 3.05) is 20.6 Å². The summed E-state index contributed by atoms with van der Waals surface area (Å²) >= 11 is 0. The number of nitro benzene ring substituents is 1. The van der Waals surface area contributed by atoms with Gasteiger partial charge >= 0.3 is 0 Å². The Labute approximate surface area is 141 Å². The minimum atomic E-state index is -0.452. The molecule has 0 radical (unpaired) electrons. The van der Waals surface area contributed by atoms with Gasteiger partial charge in [0, 0.05) is 18.7 Å². The molecule has 0 unspecified atom stereocenters. The SMILES string of the molecule is CN(C)C[C@H](NC(=O)Cc1ccc([N+](=O)[O-])cc1)c1ccccc1. The van der Waals surface area contributed by atoms with E-state index in [0.29, 0.717) is 6.54 Å². The van der Waals surface area contributed by atoms with Crippen molar-refractivity contribution in [2.24, 2.45) is 0 Å². The Morgan fingerprint density at radius 1 is 1.12 bits per heavy atom. The molecule has 126 valence electrons. The van der Waals surface area contributed by atoms with E-state index in [9.17, 15) is 14.9 Å². The molecule has 0 bridgehead atoms. The fraction of sp³-hybridized carbons (Fsp3) is 0.278. The molecule has 1 amide bonds. The first kappa shape index (κ1) is 17.6. The first-order valence-corrected chi connectivity index (χ1v) is 7.68. The summed E-state index contributed by atoms with van der Waals surface area (Å²) < 4.78 is 0. The van der Waals surface area contributed by atoms with Crippen LogP contribution in [0.5, 0.6) is 0 Å². The molecule has 0 spiro atoms. The van der Waals surface area contributed by atoms with Crippen molar-refractivity contribution in [2.45, 2.75) is 12.5 Å². The van der Waals surface area contributed by atoms with Crippen LogP contribution >= 0.6 is 0 Å². The number of rotatable bonds is 7. The molecule has 24 heavy (non-hydrogen) atoms. The molecule has 0 aliphatic carbocycles. The van der Waals surface area contributed by atoms with Gasteiger partial charge in [-0.2, -0.15) is 0 Å². The van der Waals surface area contributed by atoms with Crippen molar-refractivity contribution in [1.82, 2.24) is 10.2 Å². The third kappa shape index (κ3) is 5.17. The summed E-state index contributed by atoms with van der Waals surface area (Å²) in [6, 6.07) is 15.7. The van der Waals surface area contributed by atoms with Crippen LogP contribution in [0, 0.1) is 10.1 Å². The molecule has 2 aromatic carbocycles. The lowest BCUT2D eigenvalue weighted by atomic mass is 10.1. The average molecular weight is 327 g/mol. The highest BCUT2D eigenvalue weighted by atomic mass is 16.6. The Balaban J connectivity index is 2.03. The number of benzene rings is 2. The first-order valence-electron chi connectivity index (χ1n) is 7.68. The van der Waals surface area contributed by atoms with Crippen molar-refractivity contribution in [1.29, 1.82) is 0 Å². The molecule has 0 aliphatic rings. The maximum Gasteiger partial charge on any atom is 0.269 e. The number of amides is 1. The second kappa shape index (κ2) is 8.21. The molecule has 2 aromatic rings. The van der Waals surface area contributed by atoms with Gasteiger partial charge in [0.05, 0.1) is 17.4 Å². The van der Waals surface area contributed by atoms with Gasteiger partial charge < -0.3 is 10.2 Å². The van der Waals surface area contributed by atoms with E-state index in [1.54, 1.807) is 12.1 Å². The number of hydrogen-bond acceptors (Lipinski definition) is 4. The summed E-state index contributed by atoms with van der Waals surface area (Å²) in [7, 11) is 3.91. The highest BCUT2D eigenvalue weighted by Crippen LogP contribution is 2.15. The van der Waals surface area contributed by atoms with E-state index >= 15 is 0 Å². The molecule has 0 aromatic heterocycles. The monoisotopic (exact) mass is 327 g/mol. The second-order valence-electron chi connectivity index (χ2n) is 5.89.